The van der Waals surface area contributed by atoms with E-state index in [1.165, 1.54) is 10.4 Å². The molecule has 0 unspecified atom stereocenters. The van der Waals surface area contributed by atoms with Gasteiger partial charge in [0.05, 0.1) is 23.2 Å². The van der Waals surface area contributed by atoms with Crippen molar-refractivity contribution in [3.05, 3.63) is 29.8 Å². The average molecular weight is 392 g/mol. The number of sulfonamides is 1. The lowest BCUT2D eigenvalue weighted by Crippen LogP contribution is -2.51. The van der Waals surface area contributed by atoms with Crippen molar-refractivity contribution in [2.45, 2.75) is 43.0 Å². The van der Waals surface area contributed by atoms with Crippen molar-refractivity contribution in [3.8, 4) is 0 Å². The van der Waals surface area contributed by atoms with Gasteiger partial charge in [0, 0.05) is 32.2 Å². The number of morpholine rings is 1. The predicted molar refractivity (Wildman–Crippen MR) is 90.2 cm³/mol. The molecule has 0 spiro atoms. The number of rotatable bonds is 3. The number of alkyl halides is 3. The van der Waals surface area contributed by atoms with E-state index >= 15 is 0 Å². The number of piperidine rings is 1. The molecule has 2 aliphatic rings. The van der Waals surface area contributed by atoms with Crippen LogP contribution in [0.4, 0.5) is 13.2 Å². The summed E-state index contributed by atoms with van der Waals surface area (Å²) in [5, 5.41) is 0. The molecule has 2 saturated heterocycles. The maximum absolute atomic E-state index is 12.9. The van der Waals surface area contributed by atoms with Crippen LogP contribution in [0.15, 0.2) is 29.2 Å². The van der Waals surface area contributed by atoms with Gasteiger partial charge >= 0.3 is 6.18 Å². The zero-order chi connectivity index (χ0) is 18.9. The first-order valence-corrected chi connectivity index (χ1v) is 10.1. The Balaban J connectivity index is 1.68. The van der Waals surface area contributed by atoms with Crippen molar-refractivity contribution < 1.29 is 26.3 Å². The highest BCUT2D eigenvalue weighted by molar-refractivity contribution is 7.89. The Kier molecular flexibility index (Phi) is 5.62. The van der Waals surface area contributed by atoms with Crippen molar-refractivity contribution in [2.75, 3.05) is 32.8 Å². The summed E-state index contributed by atoms with van der Waals surface area (Å²) in [6.07, 6.45) is -3.06. The number of hydrogen-bond donors (Lipinski definition) is 0. The molecule has 26 heavy (non-hydrogen) atoms. The number of halogens is 3. The van der Waals surface area contributed by atoms with Gasteiger partial charge in [0.1, 0.15) is 0 Å². The molecule has 2 heterocycles. The number of ether oxygens (including phenoxy) is 1. The highest BCUT2D eigenvalue weighted by Gasteiger charge is 2.35. The van der Waals surface area contributed by atoms with E-state index < -0.39 is 21.8 Å². The minimum absolute atomic E-state index is 0.163. The third-order valence-corrected chi connectivity index (χ3v) is 6.91. The molecule has 0 saturated carbocycles. The molecule has 1 atom stereocenters. The summed E-state index contributed by atoms with van der Waals surface area (Å²) >= 11 is 0. The van der Waals surface area contributed by atoms with Gasteiger partial charge in [0.15, 0.2) is 0 Å². The third-order valence-electron chi connectivity index (χ3n) is 5.01. The van der Waals surface area contributed by atoms with E-state index in [2.05, 4.69) is 4.90 Å². The van der Waals surface area contributed by atoms with Crippen LogP contribution in [0.2, 0.25) is 0 Å². The molecule has 0 aromatic heterocycles. The fourth-order valence-electron chi connectivity index (χ4n) is 3.61. The lowest BCUT2D eigenvalue weighted by Gasteiger charge is -2.41. The molecule has 0 N–H and O–H groups in total. The van der Waals surface area contributed by atoms with Crippen molar-refractivity contribution in [1.82, 2.24) is 9.21 Å². The van der Waals surface area contributed by atoms with Crippen LogP contribution >= 0.6 is 0 Å². The molecule has 0 amide bonds. The first-order valence-electron chi connectivity index (χ1n) is 8.71. The zero-order valence-corrected chi connectivity index (χ0v) is 15.4. The molecule has 3 rings (SSSR count). The van der Waals surface area contributed by atoms with Crippen LogP contribution in [0.5, 0.6) is 0 Å². The van der Waals surface area contributed by atoms with E-state index in [0.29, 0.717) is 38.6 Å². The Morgan fingerprint density at radius 2 is 1.85 bits per heavy atom. The average Bonchev–Trinajstić information content (AvgIpc) is 2.61. The fraction of sp³-hybridized carbons (Fsp3) is 0.647. The zero-order valence-electron chi connectivity index (χ0n) is 14.6. The molecule has 9 heteroatoms. The molecule has 1 aromatic carbocycles. The van der Waals surface area contributed by atoms with E-state index in [1.54, 1.807) is 0 Å². The van der Waals surface area contributed by atoms with Gasteiger partial charge in [-0.15, -0.1) is 0 Å². The smallest absolute Gasteiger partial charge is 0.376 e. The maximum atomic E-state index is 12.9. The minimum Gasteiger partial charge on any atom is -0.376 e. The van der Waals surface area contributed by atoms with Crippen LogP contribution in [0, 0.1) is 0 Å². The first kappa shape index (κ1) is 19.6. The lowest BCUT2D eigenvalue weighted by atomic mass is 10.0. The van der Waals surface area contributed by atoms with Gasteiger partial charge in [-0.2, -0.15) is 17.5 Å². The van der Waals surface area contributed by atoms with Gasteiger partial charge in [-0.05, 0) is 38.0 Å². The van der Waals surface area contributed by atoms with Crippen LogP contribution in [0.3, 0.4) is 0 Å². The minimum atomic E-state index is -4.56. The summed E-state index contributed by atoms with van der Waals surface area (Å²) < 4.78 is 70.9. The molecular weight excluding hydrogens is 369 g/mol. The molecule has 0 radical (unpaired) electrons. The van der Waals surface area contributed by atoms with Crippen LogP contribution in [0.1, 0.15) is 25.3 Å². The standard InChI is InChI=1S/C17H23F3N2O3S/c1-13-12-21(9-10-25-13)15-5-7-22(8-6-15)26(23,24)16-4-2-3-14(11-16)17(18,19)20/h2-4,11,13,15H,5-10,12H2,1H3/t13-/m0/s1. The Labute approximate surface area is 151 Å². The monoisotopic (exact) mass is 392 g/mol. The SMILES string of the molecule is C[C@H]1CN(C2CCN(S(=O)(=O)c3cccc(C(F)(F)F)c3)CC2)CCO1. The summed E-state index contributed by atoms with van der Waals surface area (Å²) in [5.41, 5.74) is -0.948. The normalized spacial score (nSPS) is 24.7. The van der Waals surface area contributed by atoms with Crippen molar-refractivity contribution in [2.24, 2.45) is 0 Å². The van der Waals surface area contributed by atoms with Gasteiger partial charge in [-0.25, -0.2) is 8.42 Å². The van der Waals surface area contributed by atoms with Gasteiger partial charge in [-0.3, -0.25) is 4.90 Å². The highest BCUT2D eigenvalue weighted by atomic mass is 32.2. The number of hydrogen-bond acceptors (Lipinski definition) is 4. The maximum Gasteiger partial charge on any atom is 0.416 e. The van der Waals surface area contributed by atoms with Gasteiger partial charge in [-0.1, -0.05) is 6.07 Å². The molecule has 0 aliphatic carbocycles. The van der Waals surface area contributed by atoms with E-state index in [4.69, 9.17) is 4.74 Å². The summed E-state index contributed by atoms with van der Waals surface area (Å²) in [6.45, 7) is 4.97. The second-order valence-electron chi connectivity index (χ2n) is 6.84. The molecule has 1 aromatic rings. The molecule has 2 aliphatic heterocycles. The number of benzene rings is 1. The second kappa shape index (κ2) is 7.46. The summed E-state index contributed by atoms with van der Waals surface area (Å²) in [4.78, 5) is 2.02. The van der Waals surface area contributed by atoms with Gasteiger partial charge < -0.3 is 4.74 Å². The van der Waals surface area contributed by atoms with E-state index in [0.717, 1.165) is 25.2 Å². The second-order valence-corrected chi connectivity index (χ2v) is 8.78. The van der Waals surface area contributed by atoms with Gasteiger partial charge in [0.25, 0.3) is 0 Å². The molecule has 146 valence electrons. The van der Waals surface area contributed by atoms with Gasteiger partial charge in [0.2, 0.25) is 10.0 Å². The van der Waals surface area contributed by atoms with Crippen molar-refractivity contribution in [3.63, 3.8) is 0 Å². The van der Waals surface area contributed by atoms with Crippen LogP contribution < -0.4 is 0 Å². The Morgan fingerprint density at radius 3 is 2.46 bits per heavy atom. The highest BCUT2D eigenvalue weighted by Crippen LogP contribution is 2.32. The van der Waals surface area contributed by atoms with E-state index in [-0.39, 0.29) is 17.0 Å². The number of nitrogens with zero attached hydrogens (tertiary/aromatic N) is 2. The largest absolute Gasteiger partial charge is 0.416 e. The van der Waals surface area contributed by atoms with E-state index in [1.807, 2.05) is 6.92 Å². The molecule has 0 bridgehead atoms. The third kappa shape index (κ3) is 4.21. The van der Waals surface area contributed by atoms with Crippen LogP contribution in [0.25, 0.3) is 0 Å². The Morgan fingerprint density at radius 1 is 1.15 bits per heavy atom. The molecular formula is C17H23F3N2O3S. The summed E-state index contributed by atoms with van der Waals surface area (Å²) in [5.74, 6) is 0. The topological polar surface area (TPSA) is 49.9 Å². The van der Waals surface area contributed by atoms with Crippen molar-refractivity contribution in [1.29, 1.82) is 0 Å². The quantitative estimate of drug-likeness (QED) is 0.794. The Bertz CT molecular complexity index is 731. The van der Waals surface area contributed by atoms with Crippen molar-refractivity contribution >= 4 is 10.0 Å². The molecule has 2 fully saturated rings. The fourth-order valence-corrected chi connectivity index (χ4v) is 5.12. The van der Waals surface area contributed by atoms with Crippen LogP contribution in [-0.2, 0) is 20.9 Å². The summed E-state index contributed by atoms with van der Waals surface area (Å²) in [6, 6.07) is 4.24. The Hall–Kier alpha value is -1.16. The van der Waals surface area contributed by atoms with Crippen LogP contribution in [-0.4, -0.2) is 62.6 Å². The van der Waals surface area contributed by atoms with E-state index in [9.17, 15) is 21.6 Å². The molecule has 5 nitrogen and oxygen atoms in total. The predicted octanol–water partition coefficient (Wildman–Crippen LogP) is 2.58. The summed E-state index contributed by atoms with van der Waals surface area (Å²) in [7, 11) is -3.92. The first-order chi connectivity index (χ1) is 12.2. The lowest BCUT2D eigenvalue weighted by molar-refractivity contribution is -0.137.